The Labute approximate surface area is 85.7 Å². The molecule has 0 saturated carbocycles. The number of allylic oxidation sites excluding steroid dienone is 3. The first-order valence-electron chi connectivity index (χ1n) is 4.11. The molecule has 1 unspecified atom stereocenters. The Balaban J connectivity index is 3.57. The van der Waals surface area contributed by atoms with Crippen LogP contribution in [0.25, 0.3) is 0 Å². The average Bonchev–Trinajstić information content (AvgIpc) is 1.96. The van der Waals surface area contributed by atoms with E-state index in [0.717, 1.165) is 12.5 Å². The zero-order chi connectivity index (χ0) is 9.61. The topological polar surface area (TPSA) is 0 Å². The molecule has 1 atom stereocenters. The fourth-order valence-corrected chi connectivity index (χ4v) is 1.81. The Morgan fingerprint density at radius 2 is 2.00 bits per heavy atom. The molecule has 3 heteroatoms. The van der Waals surface area contributed by atoms with Crippen LogP contribution < -0.4 is 0 Å². The zero-order valence-electron chi connectivity index (χ0n) is 7.69. The van der Waals surface area contributed by atoms with E-state index in [4.69, 9.17) is 22.2 Å². The van der Waals surface area contributed by atoms with Gasteiger partial charge in [0.15, 0.2) is 0 Å². The van der Waals surface area contributed by atoms with Gasteiger partial charge in [0.25, 0.3) is 6.69 Å². The second kappa shape index (κ2) is 5.84. The Morgan fingerprint density at radius 3 is 2.42 bits per heavy atom. The van der Waals surface area contributed by atoms with Crippen molar-refractivity contribution in [3.8, 4) is 0 Å². The lowest BCUT2D eigenvalue weighted by atomic mass is 10.1. The number of hydrogen-bond acceptors (Lipinski definition) is 0. The lowest BCUT2D eigenvalue weighted by Gasteiger charge is -2.05. The van der Waals surface area contributed by atoms with Crippen molar-refractivity contribution in [2.24, 2.45) is 5.92 Å². The van der Waals surface area contributed by atoms with Gasteiger partial charge in [0.05, 0.1) is 0 Å². The van der Waals surface area contributed by atoms with Crippen LogP contribution in [0.2, 0.25) is 12.6 Å². The average molecular weight is 223 g/mol. The molecule has 0 N–H and O–H groups in total. The summed E-state index contributed by atoms with van der Waals surface area (Å²) in [5, 5.41) is 0. The van der Waals surface area contributed by atoms with Gasteiger partial charge in [-0.3, -0.25) is 0 Å². The van der Waals surface area contributed by atoms with Crippen LogP contribution in [-0.4, -0.2) is 6.69 Å². The van der Waals surface area contributed by atoms with Gasteiger partial charge in [0.2, 0.25) is 0 Å². The SMILES string of the molecule is C=CC(C)C/C=C\C[Si](C)(Cl)Cl. The molecule has 12 heavy (non-hydrogen) atoms. The van der Waals surface area contributed by atoms with Crippen molar-refractivity contribution >= 4 is 28.9 Å². The van der Waals surface area contributed by atoms with Gasteiger partial charge in [-0.1, -0.05) is 25.2 Å². The highest BCUT2D eigenvalue weighted by Crippen LogP contribution is 2.20. The predicted molar refractivity (Wildman–Crippen MR) is 61.2 cm³/mol. The molecule has 0 aliphatic carbocycles. The van der Waals surface area contributed by atoms with Gasteiger partial charge in [-0.15, -0.1) is 28.7 Å². The minimum Gasteiger partial charge on any atom is -0.146 e. The minimum atomic E-state index is -1.91. The molecule has 0 amide bonds. The third kappa shape index (κ3) is 8.37. The van der Waals surface area contributed by atoms with E-state index in [1.54, 1.807) is 0 Å². The fourth-order valence-electron chi connectivity index (χ4n) is 0.697. The third-order valence-corrected chi connectivity index (χ3v) is 3.43. The summed E-state index contributed by atoms with van der Waals surface area (Å²) in [5.74, 6) is 0.542. The number of halogens is 2. The van der Waals surface area contributed by atoms with Crippen molar-refractivity contribution in [1.82, 2.24) is 0 Å². The maximum Gasteiger partial charge on any atom is 0.252 e. The Morgan fingerprint density at radius 1 is 1.42 bits per heavy atom. The summed E-state index contributed by atoms with van der Waals surface area (Å²) in [6, 6.07) is 0.833. The van der Waals surface area contributed by atoms with E-state index in [9.17, 15) is 0 Å². The normalized spacial score (nSPS) is 15.0. The van der Waals surface area contributed by atoms with Gasteiger partial charge in [-0.2, -0.15) is 0 Å². The van der Waals surface area contributed by atoms with Gasteiger partial charge in [-0.05, 0) is 24.9 Å². The van der Waals surface area contributed by atoms with Gasteiger partial charge >= 0.3 is 0 Å². The van der Waals surface area contributed by atoms with Crippen molar-refractivity contribution in [3.63, 3.8) is 0 Å². The van der Waals surface area contributed by atoms with Gasteiger partial charge < -0.3 is 0 Å². The van der Waals surface area contributed by atoms with E-state index in [1.807, 2.05) is 12.6 Å². The first-order valence-corrected chi connectivity index (χ1v) is 8.84. The van der Waals surface area contributed by atoms with Crippen LogP contribution in [0.3, 0.4) is 0 Å². The van der Waals surface area contributed by atoms with Crippen LogP contribution in [0.5, 0.6) is 0 Å². The molecular weight excluding hydrogens is 207 g/mol. The summed E-state index contributed by atoms with van der Waals surface area (Å²) in [4.78, 5) is 0. The first-order chi connectivity index (χ1) is 5.45. The third-order valence-electron chi connectivity index (χ3n) is 1.55. The quantitative estimate of drug-likeness (QED) is 0.370. The molecule has 0 aromatic rings. The molecule has 0 saturated heterocycles. The molecule has 0 nitrogen and oxygen atoms in total. The highest BCUT2D eigenvalue weighted by molar-refractivity contribution is 7.45. The monoisotopic (exact) mass is 222 g/mol. The van der Waals surface area contributed by atoms with Gasteiger partial charge in [-0.25, -0.2) is 0 Å². The summed E-state index contributed by atoms with van der Waals surface area (Å²) < 4.78 is 0. The van der Waals surface area contributed by atoms with Crippen LogP contribution in [0.15, 0.2) is 24.8 Å². The van der Waals surface area contributed by atoms with Crippen LogP contribution in [0.1, 0.15) is 13.3 Å². The Hall–Kier alpha value is 0.277. The summed E-state index contributed by atoms with van der Waals surface area (Å²) in [5.41, 5.74) is 0. The predicted octanol–water partition coefficient (Wildman–Crippen LogP) is 4.30. The molecule has 70 valence electrons. The zero-order valence-corrected chi connectivity index (χ0v) is 10.2. The van der Waals surface area contributed by atoms with Crippen LogP contribution in [-0.2, 0) is 0 Å². The molecule has 0 heterocycles. The first kappa shape index (κ1) is 12.3. The van der Waals surface area contributed by atoms with E-state index in [0.29, 0.717) is 5.92 Å². The van der Waals surface area contributed by atoms with Crippen molar-refractivity contribution in [1.29, 1.82) is 0 Å². The Kier molecular flexibility index (Phi) is 5.98. The number of rotatable bonds is 5. The Bertz CT molecular complexity index is 158. The highest BCUT2D eigenvalue weighted by Gasteiger charge is 2.17. The molecule has 0 spiro atoms. The van der Waals surface area contributed by atoms with E-state index in [-0.39, 0.29) is 0 Å². The van der Waals surface area contributed by atoms with Crippen LogP contribution >= 0.6 is 22.2 Å². The minimum absolute atomic E-state index is 0.542. The summed E-state index contributed by atoms with van der Waals surface area (Å²) in [6.45, 7) is 5.87. The van der Waals surface area contributed by atoms with Crippen molar-refractivity contribution in [3.05, 3.63) is 24.8 Å². The van der Waals surface area contributed by atoms with Gasteiger partial charge in [0, 0.05) is 0 Å². The van der Waals surface area contributed by atoms with Crippen molar-refractivity contribution < 1.29 is 0 Å². The molecular formula is C9H16Cl2Si. The molecule has 0 aliphatic rings. The molecule has 0 aromatic heterocycles. The molecule has 0 bridgehead atoms. The van der Waals surface area contributed by atoms with E-state index < -0.39 is 6.69 Å². The maximum absolute atomic E-state index is 5.92. The van der Waals surface area contributed by atoms with Gasteiger partial charge in [0.1, 0.15) is 0 Å². The molecule has 0 rings (SSSR count). The van der Waals surface area contributed by atoms with E-state index in [1.165, 1.54) is 0 Å². The smallest absolute Gasteiger partial charge is 0.146 e. The van der Waals surface area contributed by atoms with Crippen LogP contribution in [0, 0.1) is 5.92 Å². The standard InChI is InChI=1S/C9H16Cl2Si/c1-4-9(2)7-5-6-8-12(3,10)11/h4-6,9H,1,7-8H2,2-3H3/b6-5-. The second-order valence-electron chi connectivity index (χ2n) is 3.19. The van der Waals surface area contributed by atoms with E-state index in [2.05, 4.69) is 25.7 Å². The van der Waals surface area contributed by atoms with Crippen molar-refractivity contribution in [2.75, 3.05) is 0 Å². The van der Waals surface area contributed by atoms with Crippen LogP contribution in [0.4, 0.5) is 0 Å². The number of hydrogen-bond donors (Lipinski definition) is 0. The lowest BCUT2D eigenvalue weighted by Crippen LogP contribution is -2.09. The molecule has 0 fully saturated rings. The second-order valence-corrected chi connectivity index (χ2v) is 11.3. The summed E-state index contributed by atoms with van der Waals surface area (Å²) in [7, 11) is 0. The largest absolute Gasteiger partial charge is 0.252 e. The van der Waals surface area contributed by atoms with Crippen molar-refractivity contribution in [2.45, 2.75) is 25.9 Å². The summed E-state index contributed by atoms with van der Waals surface area (Å²) >= 11 is 11.8. The summed E-state index contributed by atoms with van der Waals surface area (Å²) in [6.07, 6.45) is 7.18. The fraction of sp³-hybridized carbons (Fsp3) is 0.556. The molecule has 0 aromatic carbocycles. The molecule has 0 radical (unpaired) electrons. The molecule has 0 aliphatic heterocycles. The lowest BCUT2D eigenvalue weighted by molar-refractivity contribution is 0.746. The highest BCUT2D eigenvalue weighted by atomic mass is 35.7. The maximum atomic E-state index is 5.92. The van der Waals surface area contributed by atoms with E-state index >= 15 is 0 Å².